The van der Waals surface area contributed by atoms with Crippen LogP contribution in [0.2, 0.25) is 0 Å². The molecule has 2 aromatic rings. The van der Waals surface area contributed by atoms with Gasteiger partial charge in [0.25, 0.3) is 5.91 Å². The summed E-state index contributed by atoms with van der Waals surface area (Å²) in [6, 6.07) is 10.2. The van der Waals surface area contributed by atoms with Crippen molar-refractivity contribution >= 4 is 17.7 Å². The predicted octanol–water partition coefficient (Wildman–Crippen LogP) is 2.81. The first-order valence-corrected chi connectivity index (χ1v) is 9.34. The highest BCUT2D eigenvalue weighted by molar-refractivity contribution is 6.18. The van der Waals surface area contributed by atoms with Crippen LogP contribution in [-0.2, 0) is 6.54 Å². The van der Waals surface area contributed by atoms with Gasteiger partial charge >= 0.3 is 0 Å². The molecular formula is C20H23N5O. The Labute approximate surface area is 153 Å². The second-order valence-corrected chi connectivity index (χ2v) is 7.70. The van der Waals surface area contributed by atoms with Crippen LogP contribution in [0.4, 0.5) is 5.82 Å². The van der Waals surface area contributed by atoms with Crippen molar-refractivity contribution in [2.75, 3.05) is 18.5 Å². The molecule has 1 aliphatic carbocycles. The maximum atomic E-state index is 13.1. The average Bonchev–Trinajstić information content (AvgIpc) is 3.34. The van der Waals surface area contributed by atoms with Crippen LogP contribution >= 0.6 is 0 Å². The van der Waals surface area contributed by atoms with E-state index in [1.54, 1.807) is 4.90 Å². The van der Waals surface area contributed by atoms with Crippen LogP contribution in [0.25, 0.3) is 0 Å². The van der Waals surface area contributed by atoms with Crippen LogP contribution in [-0.4, -0.2) is 45.4 Å². The monoisotopic (exact) mass is 349 g/mol. The Morgan fingerprint density at radius 3 is 2.62 bits per heavy atom. The van der Waals surface area contributed by atoms with Crippen molar-refractivity contribution in [1.29, 1.82) is 0 Å². The molecule has 0 radical (unpaired) electrons. The van der Waals surface area contributed by atoms with Gasteiger partial charge in [-0.05, 0) is 25.3 Å². The number of aromatic nitrogens is 2. The van der Waals surface area contributed by atoms with Gasteiger partial charge < -0.3 is 4.57 Å². The molecule has 1 fully saturated rings. The quantitative estimate of drug-likeness (QED) is 0.838. The molecule has 1 aromatic carbocycles. The molecule has 1 amide bonds. The Morgan fingerprint density at radius 1 is 1.15 bits per heavy atom. The fraction of sp³-hybridized carbons (Fsp3) is 0.450. The highest BCUT2D eigenvalue weighted by Gasteiger charge is 2.48. The van der Waals surface area contributed by atoms with E-state index in [2.05, 4.69) is 17.0 Å². The minimum Gasteiger partial charge on any atom is -0.318 e. The van der Waals surface area contributed by atoms with Crippen molar-refractivity contribution in [2.24, 2.45) is 4.99 Å². The number of anilines is 1. The molecule has 1 aromatic heterocycles. The second kappa shape index (κ2) is 5.43. The molecule has 134 valence electrons. The van der Waals surface area contributed by atoms with Gasteiger partial charge in [-0.3, -0.25) is 14.6 Å². The minimum absolute atomic E-state index is 0.0124. The number of carbonyl (C=O) groups excluding carboxylic acids is 1. The van der Waals surface area contributed by atoms with Crippen molar-refractivity contribution < 1.29 is 4.79 Å². The summed E-state index contributed by atoms with van der Waals surface area (Å²) in [5.41, 5.74) is 1.82. The first-order valence-electron chi connectivity index (χ1n) is 9.34. The first-order chi connectivity index (χ1) is 12.6. The summed E-state index contributed by atoms with van der Waals surface area (Å²) in [4.78, 5) is 26.8. The molecule has 0 atom stereocenters. The number of fused-ring (bicyclic) bond motifs is 3. The zero-order chi connectivity index (χ0) is 17.9. The average molecular weight is 349 g/mol. The van der Waals surface area contributed by atoms with E-state index in [0.717, 1.165) is 37.0 Å². The number of guanidine groups is 1. The maximum absolute atomic E-state index is 13.1. The summed E-state index contributed by atoms with van der Waals surface area (Å²) < 4.78 is 2.04. The largest absolute Gasteiger partial charge is 0.318 e. The number of aryl methyl sites for hydroxylation is 1. The number of rotatable bonds is 2. The van der Waals surface area contributed by atoms with Gasteiger partial charge in [-0.25, -0.2) is 9.98 Å². The highest BCUT2D eigenvalue weighted by Crippen LogP contribution is 2.42. The molecule has 2 aliphatic heterocycles. The second-order valence-electron chi connectivity index (χ2n) is 7.70. The molecule has 0 N–H and O–H groups in total. The van der Waals surface area contributed by atoms with E-state index in [9.17, 15) is 4.79 Å². The molecule has 0 bridgehead atoms. The van der Waals surface area contributed by atoms with Gasteiger partial charge in [0, 0.05) is 13.6 Å². The number of carbonyl (C=O) groups is 1. The van der Waals surface area contributed by atoms with E-state index in [1.165, 1.54) is 18.4 Å². The van der Waals surface area contributed by atoms with E-state index in [0.29, 0.717) is 12.2 Å². The summed E-state index contributed by atoms with van der Waals surface area (Å²) in [6.07, 6.45) is 4.65. The van der Waals surface area contributed by atoms with Crippen LogP contribution in [0.1, 0.15) is 47.6 Å². The molecule has 3 aliphatic rings. The molecule has 0 unspecified atom stereocenters. The Morgan fingerprint density at radius 2 is 1.88 bits per heavy atom. The lowest BCUT2D eigenvalue weighted by atomic mass is 9.99. The molecule has 6 nitrogen and oxygen atoms in total. The molecular weight excluding hydrogens is 326 g/mol. The molecule has 1 saturated carbocycles. The van der Waals surface area contributed by atoms with E-state index in [4.69, 9.17) is 9.98 Å². The van der Waals surface area contributed by atoms with E-state index in [1.807, 2.05) is 36.7 Å². The van der Waals surface area contributed by atoms with Crippen molar-refractivity contribution in [2.45, 2.75) is 44.7 Å². The van der Waals surface area contributed by atoms with E-state index in [-0.39, 0.29) is 11.4 Å². The van der Waals surface area contributed by atoms with Crippen LogP contribution in [0, 0.1) is 6.92 Å². The predicted molar refractivity (Wildman–Crippen MR) is 101 cm³/mol. The summed E-state index contributed by atoms with van der Waals surface area (Å²) in [5, 5.41) is 0. The first kappa shape index (κ1) is 15.6. The number of nitrogens with zero attached hydrogens (tertiary/aromatic N) is 5. The lowest BCUT2D eigenvalue weighted by molar-refractivity contribution is 0.0855. The Bertz CT molecular complexity index is 908. The zero-order valence-electron chi connectivity index (χ0n) is 15.3. The number of amides is 1. The standard InChI is InChI=1S/C20H23N5O/c1-14-21-17-16(24(14)12-15-8-4-3-5-9-15)18(26)23(2)19-22-20(13-25(17)19)10-6-7-11-20/h3-5,8-9H,6-7,10-13H2,1-2H3. The van der Waals surface area contributed by atoms with Gasteiger partial charge in [-0.1, -0.05) is 43.2 Å². The SMILES string of the molecule is Cc1nc2c(n1Cc1ccccc1)C(=O)N(C)C1=NC3(CCCC3)CN12. The minimum atomic E-state index is -0.0252. The van der Waals surface area contributed by atoms with Gasteiger partial charge in [0.15, 0.2) is 11.5 Å². The normalized spacial score (nSPS) is 20.5. The topological polar surface area (TPSA) is 53.7 Å². The summed E-state index contributed by atoms with van der Waals surface area (Å²) in [5.74, 6) is 2.41. The maximum Gasteiger partial charge on any atom is 0.280 e. The molecule has 1 spiro atoms. The van der Waals surface area contributed by atoms with Crippen molar-refractivity contribution in [3.05, 3.63) is 47.4 Å². The fourth-order valence-corrected chi connectivity index (χ4v) is 4.56. The van der Waals surface area contributed by atoms with Gasteiger partial charge in [-0.2, -0.15) is 0 Å². The third kappa shape index (κ3) is 2.14. The Hall–Kier alpha value is -2.63. The molecule has 0 saturated heterocycles. The van der Waals surface area contributed by atoms with Gasteiger partial charge in [0.1, 0.15) is 5.82 Å². The van der Waals surface area contributed by atoms with E-state index >= 15 is 0 Å². The summed E-state index contributed by atoms with van der Waals surface area (Å²) in [7, 11) is 1.83. The molecule has 3 heterocycles. The zero-order valence-corrected chi connectivity index (χ0v) is 15.3. The van der Waals surface area contributed by atoms with Crippen LogP contribution in [0.15, 0.2) is 35.3 Å². The Kier molecular flexibility index (Phi) is 3.26. The van der Waals surface area contributed by atoms with Crippen LogP contribution < -0.4 is 4.90 Å². The highest BCUT2D eigenvalue weighted by atomic mass is 16.2. The summed E-state index contributed by atoms with van der Waals surface area (Å²) in [6.45, 7) is 3.47. The molecule has 26 heavy (non-hydrogen) atoms. The fourth-order valence-electron chi connectivity index (χ4n) is 4.56. The van der Waals surface area contributed by atoms with Crippen LogP contribution in [0.5, 0.6) is 0 Å². The number of hydrogen-bond acceptors (Lipinski definition) is 4. The van der Waals surface area contributed by atoms with Gasteiger partial charge in [0.05, 0.1) is 12.1 Å². The number of benzene rings is 1. The number of aliphatic imine (C=N–C) groups is 1. The number of hydrogen-bond donors (Lipinski definition) is 0. The molecule has 6 heteroatoms. The van der Waals surface area contributed by atoms with Gasteiger partial charge in [0.2, 0.25) is 5.96 Å². The molecule has 5 rings (SSSR count). The number of imidazole rings is 1. The third-order valence-electron chi connectivity index (χ3n) is 5.95. The third-order valence-corrected chi connectivity index (χ3v) is 5.95. The smallest absolute Gasteiger partial charge is 0.280 e. The van der Waals surface area contributed by atoms with Crippen LogP contribution in [0.3, 0.4) is 0 Å². The lowest BCUT2D eigenvalue weighted by Crippen LogP contribution is -2.49. The lowest BCUT2D eigenvalue weighted by Gasteiger charge is -2.31. The van der Waals surface area contributed by atoms with Gasteiger partial charge in [-0.15, -0.1) is 0 Å². The van der Waals surface area contributed by atoms with E-state index < -0.39 is 0 Å². The van der Waals surface area contributed by atoms with Crippen molar-refractivity contribution in [3.63, 3.8) is 0 Å². The van der Waals surface area contributed by atoms with Crippen molar-refractivity contribution in [1.82, 2.24) is 14.5 Å². The summed E-state index contributed by atoms with van der Waals surface area (Å²) >= 11 is 0. The van der Waals surface area contributed by atoms with Crippen molar-refractivity contribution in [3.8, 4) is 0 Å². The Balaban J connectivity index is 1.59.